The van der Waals surface area contributed by atoms with Crippen molar-refractivity contribution in [2.24, 2.45) is 4.99 Å². The lowest BCUT2D eigenvalue weighted by molar-refractivity contribution is -0.384. The van der Waals surface area contributed by atoms with E-state index in [1.54, 1.807) is 6.07 Å². The highest BCUT2D eigenvalue weighted by molar-refractivity contribution is 6.28. The maximum absolute atomic E-state index is 11.1. The van der Waals surface area contributed by atoms with Crippen LogP contribution in [-0.4, -0.2) is 47.0 Å². The van der Waals surface area contributed by atoms with Crippen LogP contribution in [0.15, 0.2) is 53.5 Å². The number of hydrogen-bond donors (Lipinski definition) is 1. The Balaban J connectivity index is 1.82. The highest BCUT2D eigenvalue weighted by Crippen LogP contribution is 2.36. The van der Waals surface area contributed by atoms with Gasteiger partial charge in [-0.05, 0) is 32.3 Å². The molecule has 1 heterocycles. The summed E-state index contributed by atoms with van der Waals surface area (Å²) in [5.41, 5.74) is 3.17. The summed E-state index contributed by atoms with van der Waals surface area (Å²) in [6.07, 6.45) is 0. The van der Waals surface area contributed by atoms with Gasteiger partial charge in [0.25, 0.3) is 5.69 Å². The van der Waals surface area contributed by atoms with Gasteiger partial charge in [0.15, 0.2) is 0 Å². The molecule has 7 nitrogen and oxygen atoms in total. The van der Waals surface area contributed by atoms with Crippen LogP contribution in [0.1, 0.15) is 0 Å². The molecule has 0 saturated heterocycles. The summed E-state index contributed by atoms with van der Waals surface area (Å²) in [6.45, 7) is 1.62. The molecule has 1 aromatic heterocycles. The molecule has 0 spiro atoms. The molecule has 0 radical (unpaired) electrons. The second-order valence-electron chi connectivity index (χ2n) is 7.46. The molecule has 0 bridgehead atoms. The van der Waals surface area contributed by atoms with Crippen molar-refractivity contribution < 1.29 is 4.92 Å². The lowest BCUT2D eigenvalue weighted by Gasteiger charge is -2.06. The van der Waals surface area contributed by atoms with E-state index in [-0.39, 0.29) is 5.69 Å². The molecule has 0 unspecified atom stereocenters. The molecule has 0 atom stereocenters. The van der Waals surface area contributed by atoms with Crippen LogP contribution in [-0.2, 0) is 0 Å². The number of likely N-dealkylation sites (N-methyl/N-ethyl adjacent to an activating group) is 1. The van der Waals surface area contributed by atoms with Gasteiger partial charge in [0.1, 0.15) is 0 Å². The first-order valence-electron chi connectivity index (χ1n) is 9.43. The van der Waals surface area contributed by atoms with Crippen LogP contribution in [0.5, 0.6) is 0 Å². The predicted octanol–water partition coefficient (Wildman–Crippen LogP) is 3.83. The summed E-state index contributed by atoms with van der Waals surface area (Å²) >= 11 is 0. The fraction of sp³-hybridized carbons (Fsp3) is 0.182. The molecule has 4 aromatic carbocycles. The second-order valence-corrected chi connectivity index (χ2v) is 7.46. The summed E-state index contributed by atoms with van der Waals surface area (Å²) < 4.78 is 0. The van der Waals surface area contributed by atoms with Crippen LogP contribution in [0.4, 0.5) is 5.69 Å². The minimum Gasteiger partial charge on any atom is -0.351 e. The van der Waals surface area contributed by atoms with Gasteiger partial charge in [0.05, 0.1) is 38.9 Å². The van der Waals surface area contributed by atoms with Crippen molar-refractivity contribution in [2.75, 3.05) is 27.2 Å². The highest BCUT2D eigenvalue weighted by Gasteiger charge is 2.16. The maximum atomic E-state index is 11.1. The van der Waals surface area contributed by atoms with E-state index in [1.165, 1.54) is 12.1 Å². The zero-order valence-corrected chi connectivity index (χ0v) is 16.1. The molecule has 5 rings (SSSR count). The normalized spacial score (nSPS) is 12.9. The minimum atomic E-state index is -0.391. The summed E-state index contributed by atoms with van der Waals surface area (Å²) in [5, 5.41) is 16.4. The lowest BCUT2D eigenvalue weighted by Crippen LogP contribution is -2.17. The Bertz CT molecular complexity index is 1470. The first-order valence-corrected chi connectivity index (χ1v) is 9.43. The second kappa shape index (κ2) is 6.49. The van der Waals surface area contributed by atoms with E-state index in [9.17, 15) is 10.1 Å². The average molecular weight is 385 g/mol. The zero-order valence-electron chi connectivity index (χ0n) is 16.1. The van der Waals surface area contributed by atoms with Gasteiger partial charge >= 0.3 is 0 Å². The monoisotopic (exact) mass is 385 g/mol. The quantitative estimate of drug-likeness (QED) is 0.376. The fourth-order valence-electron chi connectivity index (χ4n) is 3.90. The molecular formula is C22H19N5O2. The Morgan fingerprint density at radius 3 is 2.72 bits per heavy atom. The number of non-ortho nitro benzene ring substituents is 1. The molecular weight excluding hydrogens is 366 g/mol. The van der Waals surface area contributed by atoms with Gasteiger partial charge < -0.3 is 9.88 Å². The molecule has 5 aromatic rings. The first kappa shape index (κ1) is 17.5. The van der Waals surface area contributed by atoms with Crippen LogP contribution in [0.2, 0.25) is 0 Å². The maximum Gasteiger partial charge on any atom is 0.271 e. The molecule has 1 N–H and O–H groups in total. The molecule has 0 fully saturated rings. The smallest absolute Gasteiger partial charge is 0.271 e. The van der Waals surface area contributed by atoms with Gasteiger partial charge in [-0.3, -0.25) is 15.1 Å². The van der Waals surface area contributed by atoms with E-state index >= 15 is 0 Å². The van der Waals surface area contributed by atoms with Gasteiger partial charge in [-0.2, -0.15) is 0 Å². The van der Waals surface area contributed by atoms with Crippen LogP contribution < -0.4 is 5.36 Å². The number of rotatable bonds is 4. The van der Waals surface area contributed by atoms with Crippen molar-refractivity contribution in [1.29, 1.82) is 0 Å². The third-order valence-corrected chi connectivity index (χ3v) is 5.29. The molecule has 0 amide bonds. The molecule has 144 valence electrons. The van der Waals surface area contributed by atoms with Gasteiger partial charge in [-0.1, -0.05) is 18.2 Å². The Morgan fingerprint density at radius 1 is 1.10 bits per heavy atom. The van der Waals surface area contributed by atoms with Crippen molar-refractivity contribution in [2.45, 2.75) is 0 Å². The van der Waals surface area contributed by atoms with E-state index < -0.39 is 4.92 Å². The van der Waals surface area contributed by atoms with E-state index in [2.05, 4.69) is 28.1 Å². The Hall–Kier alpha value is -3.58. The Morgan fingerprint density at radius 2 is 1.93 bits per heavy atom. The van der Waals surface area contributed by atoms with E-state index in [0.29, 0.717) is 11.0 Å². The van der Waals surface area contributed by atoms with Crippen LogP contribution in [0.3, 0.4) is 0 Å². The Kier molecular flexibility index (Phi) is 3.92. The number of nitrogens with zero attached hydrogens (tertiary/aromatic N) is 4. The number of hydrogen-bond acceptors (Lipinski definition) is 5. The summed E-state index contributed by atoms with van der Waals surface area (Å²) in [7, 11) is 4.08. The van der Waals surface area contributed by atoms with E-state index in [1.807, 2.05) is 26.2 Å². The summed E-state index contributed by atoms with van der Waals surface area (Å²) in [5.74, 6) is 0. The summed E-state index contributed by atoms with van der Waals surface area (Å²) in [6, 6.07) is 15.0. The molecule has 29 heavy (non-hydrogen) atoms. The minimum absolute atomic E-state index is 0.0474. The van der Waals surface area contributed by atoms with Gasteiger partial charge in [0.2, 0.25) is 0 Å². The third kappa shape index (κ3) is 2.78. The van der Waals surface area contributed by atoms with Crippen molar-refractivity contribution in [3.05, 3.63) is 64.0 Å². The number of aromatic nitrogens is 2. The number of nitro groups is 1. The predicted molar refractivity (Wildman–Crippen MR) is 115 cm³/mol. The zero-order chi connectivity index (χ0) is 20.1. The van der Waals surface area contributed by atoms with E-state index in [4.69, 9.17) is 9.98 Å². The fourth-order valence-corrected chi connectivity index (χ4v) is 3.90. The SMILES string of the molecule is CN(C)CCN=c1ccc2c3nc4ccc([N+](=O)[O-])cc4[nH]c3c3cccc1c23. The molecule has 0 aliphatic carbocycles. The topological polar surface area (TPSA) is 87.4 Å². The number of fused-ring (bicyclic) bond motifs is 4. The number of nitro benzene ring substituents is 1. The summed E-state index contributed by atoms with van der Waals surface area (Å²) in [4.78, 5) is 25.8. The van der Waals surface area contributed by atoms with Crippen molar-refractivity contribution in [3.8, 4) is 0 Å². The van der Waals surface area contributed by atoms with Gasteiger partial charge in [-0.15, -0.1) is 0 Å². The van der Waals surface area contributed by atoms with Crippen molar-refractivity contribution in [3.63, 3.8) is 0 Å². The average Bonchev–Trinajstić information content (AvgIpc) is 3.02. The highest BCUT2D eigenvalue weighted by atomic mass is 16.6. The van der Waals surface area contributed by atoms with Crippen LogP contribution in [0, 0.1) is 10.1 Å². The molecule has 0 aliphatic rings. The van der Waals surface area contributed by atoms with Crippen LogP contribution in [0.25, 0.3) is 43.6 Å². The number of benzene rings is 3. The molecule has 0 aliphatic heterocycles. The first-order chi connectivity index (χ1) is 14.0. The van der Waals surface area contributed by atoms with E-state index in [0.717, 1.165) is 51.0 Å². The molecule has 0 saturated carbocycles. The third-order valence-electron chi connectivity index (χ3n) is 5.29. The molecule has 7 heteroatoms. The standard InChI is InChI=1S/C22H19N5O2/c1-26(2)11-10-23-17-9-7-16-20-14(17)4-3-5-15(20)21-22(16)24-18-8-6-13(27(28)29)12-19(18)25-21/h3-9,12,25H,10-11H2,1-2H3. The largest absolute Gasteiger partial charge is 0.351 e. The van der Waals surface area contributed by atoms with Gasteiger partial charge in [0, 0.05) is 40.2 Å². The Labute approximate surface area is 165 Å². The van der Waals surface area contributed by atoms with Crippen molar-refractivity contribution in [1.82, 2.24) is 14.9 Å². The number of H-pyrrole nitrogens is 1. The van der Waals surface area contributed by atoms with Gasteiger partial charge in [-0.25, -0.2) is 4.98 Å². The number of nitrogens with one attached hydrogen (secondary N) is 1. The van der Waals surface area contributed by atoms with Crippen LogP contribution >= 0.6 is 0 Å². The number of aromatic amines is 1. The van der Waals surface area contributed by atoms with Crippen molar-refractivity contribution >= 4 is 49.3 Å². The lowest BCUT2D eigenvalue weighted by atomic mass is 10.1.